The highest BCUT2D eigenvalue weighted by atomic mass is 19.4. The van der Waals surface area contributed by atoms with Gasteiger partial charge in [0.25, 0.3) is 0 Å². The van der Waals surface area contributed by atoms with Gasteiger partial charge >= 0.3 is 6.18 Å². The molecule has 3 aromatic carbocycles. The van der Waals surface area contributed by atoms with Gasteiger partial charge in [-0.15, -0.1) is 0 Å². The van der Waals surface area contributed by atoms with Gasteiger partial charge in [0.15, 0.2) is 5.58 Å². The van der Waals surface area contributed by atoms with Crippen molar-refractivity contribution in [2.75, 3.05) is 5.32 Å². The molecule has 1 heterocycles. The lowest BCUT2D eigenvalue weighted by Crippen LogP contribution is -2.13. The van der Waals surface area contributed by atoms with Crippen molar-refractivity contribution in [3.63, 3.8) is 0 Å². The second-order valence-electron chi connectivity index (χ2n) is 6.66. The SMILES string of the molecule is Cc1cc2c(C(F)(F)F)ccc(NC(c3ccccc3)c3ccccc3)c2o1. The van der Waals surface area contributed by atoms with Gasteiger partial charge in [0.05, 0.1) is 17.3 Å². The van der Waals surface area contributed by atoms with E-state index in [0.29, 0.717) is 11.4 Å². The average molecular weight is 381 g/mol. The molecule has 0 aliphatic heterocycles. The first-order valence-corrected chi connectivity index (χ1v) is 8.90. The Labute approximate surface area is 160 Å². The normalized spacial score (nSPS) is 11.9. The number of alkyl halides is 3. The van der Waals surface area contributed by atoms with Crippen molar-refractivity contribution in [3.05, 3.63) is 101 Å². The molecule has 4 rings (SSSR count). The number of hydrogen-bond acceptors (Lipinski definition) is 2. The third kappa shape index (κ3) is 3.48. The molecule has 1 aromatic heterocycles. The molecule has 28 heavy (non-hydrogen) atoms. The van der Waals surface area contributed by atoms with E-state index < -0.39 is 11.7 Å². The Balaban J connectivity index is 1.83. The third-order valence-corrected chi connectivity index (χ3v) is 4.68. The van der Waals surface area contributed by atoms with Crippen LogP contribution < -0.4 is 5.32 Å². The molecule has 0 radical (unpaired) electrons. The van der Waals surface area contributed by atoms with Crippen molar-refractivity contribution in [3.8, 4) is 0 Å². The summed E-state index contributed by atoms with van der Waals surface area (Å²) in [5, 5.41) is 3.45. The number of anilines is 1. The quantitative estimate of drug-likeness (QED) is 0.413. The number of halogens is 3. The van der Waals surface area contributed by atoms with Crippen LogP contribution in [0.15, 0.2) is 83.3 Å². The minimum Gasteiger partial charge on any atom is -0.459 e. The van der Waals surface area contributed by atoms with Crippen molar-refractivity contribution in [1.82, 2.24) is 0 Å². The molecule has 2 nitrogen and oxygen atoms in total. The molecule has 5 heteroatoms. The predicted octanol–water partition coefficient (Wildman–Crippen LogP) is 6.96. The van der Waals surface area contributed by atoms with Gasteiger partial charge < -0.3 is 9.73 Å². The maximum absolute atomic E-state index is 13.4. The molecule has 0 bridgehead atoms. The highest BCUT2D eigenvalue weighted by Gasteiger charge is 2.34. The number of furan rings is 1. The Kier molecular flexibility index (Phi) is 4.59. The van der Waals surface area contributed by atoms with Crippen molar-refractivity contribution >= 4 is 16.7 Å². The summed E-state index contributed by atoms with van der Waals surface area (Å²) in [5.74, 6) is 0.436. The predicted molar refractivity (Wildman–Crippen MR) is 104 cm³/mol. The van der Waals surface area contributed by atoms with Crippen LogP contribution in [0.1, 0.15) is 28.5 Å². The molecule has 0 saturated heterocycles. The summed E-state index contributed by atoms with van der Waals surface area (Å²) in [6.07, 6.45) is -4.44. The largest absolute Gasteiger partial charge is 0.459 e. The number of rotatable bonds is 4. The van der Waals surface area contributed by atoms with Crippen molar-refractivity contribution in [2.45, 2.75) is 19.1 Å². The Morgan fingerprint density at radius 3 is 1.93 bits per heavy atom. The molecular formula is C23H18F3NO. The van der Waals surface area contributed by atoms with Crippen LogP contribution in [0.3, 0.4) is 0 Å². The van der Waals surface area contributed by atoms with E-state index in [1.807, 2.05) is 60.7 Å². The van der Waals surface area contributed by atoms with Crippen molar-refractivity contribution in [1.29, 1.82) is 0 Å². The minimum absolute atomic E-state index is 0.0647. The van der Waals surface area contributed by atoms with Crippen molar-refractivity contribution in [2.24, 2.45) is 0 Å². The Morgan fingerprint density at radius 2 is 1.39 bits per heavy atom. The molecule has 0 unspecified atom stereocenters. The van der Waals surface area contributed by atoms with Crippen LogP contribution in [0.2, 0.25) is 0 Å². The van der Waals surface area contributed by atoms with Crippen LogP contribution >= 0.6 is 0 Å². The molecule has 0 atom stereocenters. The average Bonchev–Trinajstić information content (AvgIpc) is 3.08. The summed E-state index contributed by atoms with van der Waals surface area (Å²) in [6.45, 7) is 1.65. The number of aryl methyl sites for hydroxylation is 1. The zero-order valence-corrected chi connectivity index (χ0v) is 15.1. The topological polar surface area (TPSA) is 25.2 Å². The first-order valence-electron chi connectivity index (χ1n) is 8.90. The lowest BCUT2D eigenvalue weighted by atomic mass is 9.98. The molecule has 0 spiro atoms. The van der Waals surface area contributed by atoms with Crippen LogP contribution in [0.25, 0.3) is 11.0 Å². The van der Waals surface area contributed by atoms with E-state index in [-0.39, 0.29) is 17.0 Å². The van der Waals surface area contributed by atoms with Crippen LogP contribution in [-0.2, 0) is 6.18 Å². The summed E-state index contributed by atoms with van der Waals surface area (Å²) in [5.41, 5.74) is 2.05. The molecule has 4 aromatic rings. The first kappa shape index (κ1) is 18.2. The highest BCUT2D eigenvalue weighted by Crippen LogP contribution is 2.40. The lowest BCUT2D eigenvalue weighted by molar-refractivity contribution is -0.136. The second-order valence-corrected chi connectivity index (χ2v) is 6.66. The van der Waals surface area contributed by atoms with Crippen LogP contribution in [-0.4, -0.2) is 0 Å². The van der Waals surface area contributed by atoms with E-state index in [2.05, 4.69) is 5.32 Å². The van der Waals surface area contributed by atoms with Crippen LogP contribution in [0, 0.1) is 6.92 Å². The molecule has 0 saturated carbocycles. The molecule has 0 fully saturated rings. The summed E-state index contributed by atoms with van der Waals surface area (Å²) in [7, 11) is 0. The zero-order valence-electron chi connectivity index (χ0n) is 15.1. The molecule has 0 aliphatic rings. The van der Waals surface area contributed by atoms with E-state index >= 15 is 0 Å². The zero-order chi connectivity index (χ0) is 19.7. The van der Waals surface area contributed by atoms with Gasteiger partial charge in [0.1, 0.15) is 5.76 Å². The van der Waals surface area contributed by atoms with Gasteiger partial charge in [-0.2, -0.15) is 13.2 Å². The number of benzene rings is 3. The monoisotopic (exact) mass is 381 g/mol. The molecule has 1 N–H and O–H groups in total. The fourth-order valence-electron chi connectivity index (χ4n) is 3.41. The van der Waals surface area contributed by atoms with E-state index in [1.165, 1.54) is 12.1 Å². The first-order chi connectivity index (χ1) is 13.4. The smallest absolute Gasteiger partial charge is 0.417 e. The Hall–Kier alpha value is -3.21. The maximum atomic E-state index is 13.4. The van der Waals surface area contributed by atoms with Gasteiger partial charge in [-0.1, -0.05) is 60.7 Å². The van der Waals surface area contributed by atoms with Gasteiger partial charge in [-0.3, -0.25) is 0 Å². The molecule has 142 valence electrons. The number of fused-ring (bicyclic) bond motifs is 1. The molecule has 0 amide bonds. The van der Waals surface area contributed by atoms with Gasteiger partial charge in [-0.25, -0.2) is 0 Å². The van der Waals surface area contributed by atoms with Crippen LogP contribution in [0.4, 0.5) is 18.9 Å². The van der Waals surface area contributed by atoms with E-state index in [9.17, 15) is 13.2 Å². The van der Waals surface area contributed by atoms with Gasteiger partial charge in [0, 0.05) is 5.39 Å². The Bertz CT molecular complexity index is 1050. The van der Waals surface area contributed by atoms with Gasteiger partial charge in [-0.05, 0) is 36.2 Å². The summed E-state index contributed by atoms with van der Waals surface area (Å²) in [4.78, 5) is 0. The Morgan fingerprint density at radius 1 is 0.821 bits per heavy atom. The molecule has 0 aliphatic carbocycles. The van der Waals surface area contributed by atoms with Crippen molar-refractivity contribution < 1.29 is 17.6 Å². The van der Waals surface area contributed by atoms with E-state index in [1.54, 1.807) is 6.92 Å². The minimum atomic E-state index is -4.44. The number of hydrogen-bond donors (Lipinski definition) is 1. The van der Waals surface area contributed by atoms with Gasteiger partial charge in [0.2, 0.25) is 0 Å². The summed E-state index contributed by atoms with van der Waals surface area (Å²) < 4.78 is 45.8. The summed E-state index contributed by atoms with van der Waals surface area (Å²) in [6, 6.07) is 23.3. The van der Waals surface area contributed by atoms with E-state index in [4.69, 9.17) is 4.42 Å². The third-order valence-electron chi connectivity index (χ3n) is 4.68. The fraction of sp³-hybridized carbons (Fsp3) is 0.130. The highest BCUT2D eigenvalue weighted by molar-refractivity contribution is 5.92. The maximum Gasteiger partial charge on any atom is 0.417 e. The van der Waals surface area contributed by atoms with E-state index in [0.717, 1.165) is 17.2 Å². The fourth-order valence-corrected chi connectivity index (χ4v) is 3.41. The lowest BCUT2D eigenvalue weighted by Gasteiger charge is -2.22. The standard InChI is InChI=1S/C23H18F3NO/c1-15-14-18-19(23(24,25)26)12-13-20(22(18)28-15)27-21(16-8-4-2-5-9-16)17-10-6-3-7-11-17/h2-14,21,27H,1H3. The second kappa shape index (κ2) is 7.08. The van der Waals surface area contributed by atoms with Crippen LogP contribution in [0.5, 0.6) is 0 Å². The molecular weight excluding hydrogens is 363 g/mol. The summed E-state index contributed by atoms with van der Waals surface area (Å²) >= 11 is 0. The number of nitrogens with one attached hydrogen (secondary N) is 1.